The molecule has 0 atom stereocenters. The normalized spacial score (nSPS) is 14.0. The summed E-state index contributed by atoms with van der Waals surface area (Å²) >= 11 is 0. The van der Waals surface area contributed by atoms with Crippen molar-refractivity contribution < 1.29 is 18.7 Å². The van der Waals surface area contributed by atoms with Crippen LogP contribution < -0.4 is 10.6 Å². The summed E-state index contributed by atoms with van der Waals surface area (Å²) in [4.78, 5) is 26.5. The SMILES string of the molecule is COC(=O)c1ccc2c(c1)NC(=O)C2=C(C)Nc1ccc(CN(C)Cc2ccc(F)cc2)cc1. The van der Waals surface area contributed by atoms with Crippen molar-refractivity contribution >= 4 is 28.8 Å². The fourth-order valence-corrected chi connectivity index (χ4v) is 4.03. The molecule has 7 heteroatoms. The van der Waals surface area contributed by atoms with Crippen LogP contribution in [-0.2, 0) is 22.6 Å². The number of ether oxygens (including phenoxy) is 1. The van der Waals surface area contributed by atoms with E-state index < -0.39 is 5.97 Å². The van der Waals surface area contributed by atoms with Crippen molar-refractivity contribution in [3.05, 3.63) is 100 Å². The number of benzene rings is 3. The highest BCUT2D eigenvalue weighted by molar-refractivity contribution is 6.32. The van der Waals surface area contributed by atoms with E-state index in [0.717, 1.165) is 35.5 Å². The number of anilines is 2. The first-order valence-electron chi connectivity index (χ1n) is 10.9. The van der Waals surface area contributed by atoms with E-state index in [9.17, 15) is 14.0 Å². The highest BCUT2D eigenvalue weighted by Crippen LogP contribution is 2.35. The number of nitrogens with zero attached hydrogens (tertiary/aromatic N) is 1. The number of rotatable bonds is 7. The fourth-order valence-electron chi connectivity index (χ4n) is 4.03. The number of halogens is 1. The Kier molecular flexibility index (Phi) is 6.75. The number of esters is 1. The molecule has 1 amide bonds. The summed E-state index contributed by atoms with van der Waals surface area (Å²) in [5.41, 5.74) is 6.01. The Hall–Kier alpha value is -3.97. The van der Waals surface area contributed by atoms with Crippen LogP contribution in [0.25, 0.3) is 5.57 Å². The van der Waals surface area contributed by atoms with Gasteiger partial charge in [0.2, 0.25) is 0 Å². The van der Waals surface area contributed by atoms with Crippen LogP contribution in [0.15, 0.2) is 72.4 Å². The number of allylic oxidation sites excluding steroid dienone is 1. The van der Waals surface area contributed by atoms with Gasteiger partial charge in [0, 0.05) is 30.0 Å². The Balaban J connectivity index is 1.43. The van der Waals surface area contributed by atoms with Gasteiger partial charge in [0.05, 0.1) is 23.9 Å². The highest BCUT2D eigenvalue weighted by atomic mass is 19.1. The van der Waals surface area contributed by atoms with Crippen molar-refractivity contribution in [1.82, 2.24) is 4.90 Å². The molecule has 4 rings (SSSR count). The highest BCUT2D eigenvalue weighted by Gasteiger charge is 2.27. The van der Waals surface area contributed by atoms with Crippen molar-refractivity contribution in [2.75, 3.05) is 24.8 Å². The van der Waals surface area contributed by atoms with Crippen LogP contribution in [0.4, 0.5) is 15.8 Å². The topological polar surface area (TPSA) is 70.7 Å². The lowest BCUT2D eigenvalue weighted by Crippen LogP contribution is -2.17. The lowest BCUT2D eigenvalue weighted by atomic mass is 10.0. The smallest absolute Gasteiger partial charge is 0.337 e. The first-order chi connectivity index (χ1) is 16.3. The van der Waals surface area contributed by atoms with E-state index in [2.05, 4.69) is 15.5 Å². The van der Waals surface area contributed by atoms with Crippen molar-refractivity contribution in [2.45, 2.75) is 20.0 Å². The second kappa shape index (κ2) is 9.89. The average molecular weight is 460 g/mol. The molecule has 0 unspecified atom stereocenters. The second-order valence-corrected chi connectivity index (χ2v) is 8.33. The molecule has 3 aromatic rings. The molecule has 0 aromatic heterocycles. The van der Waals surface area contributed by atoms with Gasteiger partial charge in [-0.3, -0.25) is 9.69 Å². The van der Waals surface area contributed by atoms with E-state index in [4.69, 9.17) is 4.74 Å². The summed E-state index contributed by atoms with van der Waals surface area (Å²) in [5.74, 6) is -0.905. The predicted octanol–water partition coefficient (Wildman–Crippen LogP) is 5.04. The molecular weight excluding hydrogens is 433 g/mol. The Labute approximate surface area is 198 Å². The number of fused-ring (bicyclic) bond motifs is 1. The average Bonchev–Trinajstić information content (AvgIpc) is 3.16. The summed E-state index contributed by atoms with van der Waals surface area (Å²) in [6, 6.07) is 19.6. The Morgan fingerprint density at radius 2 is 1.62 bits per heavy atom. The van der Waals surface area contributed by atoms with Gasteiger partial charge in [-0.25, -0.2) is 9.18 Å². The van der Waals surface area contributed by atoms with Gasteiger partial charge >= 0.3 is 5.97 Å². The van der Waals surface area contributed by atoms with E-state index in [0.29, 0.717) is 22.5 Å². The van der Waals surface area contributed by atoms with Crippen LogP contribution in [0, 0.1) is 5.82 Å². The molecule has 0 fully saturated rings. The molecule has 0 saturated carbocycles. The van der Waals surface area contributed by atoms with Crippen LogP contribution >= 0.6 is 0 Å². The minimum absolute atomic E-state index is 0.221. The molecule has 0 bridgehead atoms. The molecule has 3 aromatic carbocycles. The zero-order valence-corrected chi connectivity index (χ0v) is 19.3. The zero-order valence-electron chi connectivity index (χ0n) is 19.3. The Morgan fingerprint density at radius 3 is 2.24 bits per heavy atom. The number of hydrogen-bond donors (Lipinski definition) is 2. The third-order valence-electron chi connectivity index (χ3n) is 5.66. The quantitative estimate of drug-likeness (QED) is 0.383. The molecule has 0 spiro atoms. The van der Waals surface area contributed by atoms with Gasteiger partial charge in [-0.15, -0.1) is 0 Å². The van der Waals surface area contributed by atoms with Gasteiger partial charge in [0.1, 0.15) is 5.82 Å². The van der Waals surface area contributed by atoms with Crippen molar-refractivity contribution in [2.24, 2.45) is 0 Å². The van der Waals surface area contributed by atoms with Crippen molar-refractivity contribution in [3.63, 3.8) is 0 Å². The molecular formula is C27H26FN3O3. The number of amides is 1. The number of nitrogens with one attached hydrogen (secondary N) is 2. The molecule has 1 heterocycles. The van der Waals surface area contributed by atoms with Crippen LogP contribution in [0.3, 0.4) is 0 Å². The van der Waals surface area contributed by atoms with Crippen molar-refractivity contribution in [1.29, 1.82) is 0 Å². The number of carbonyl (C=O) groups is 2. The fraction of sp³-hybridized carbons (Fsp3) is 0.185. The van der Waals surface area contributed by atoms with E-state index in [-0.39, 0.29) is 11.7 Å². The number of carbonyl (C=O) groups excluding carboxylic acids is 2. The number of methoxy groups -OCH3 is 1. The minimum Gasteiger partial charge on any atom is -0.465 e. The summed E-state index contributed by atoms with van der Waals surface area (Å²) in [6.45, 7) is 3.32. The van der Waals surface area contributed by atoms with E-state index >= 15 is 0 Å². The van der Waals surface area contributed by atoms with Gasteiger partial charge < -0.3 is 15.4 Å². The van der Waals surface area contributed by atoms with Crippen LogP contribution in [0.1, 0.15) is 34.0 Å². The third kappa shape index (κ3) is 5.15. The standard InChI is InChI=1S/C27H26FN3O3/c1-17(25-23-13-8-20(27(33)34-3)14-24(23)30-26(25)32)29-22-11-6-19(7-12-22)16-31(2)15-18-4-9-21(28)10-5-18/h4-14,29H,15-16H2,1-3H3,(H,30,32). The summed E-state index contributed by atoms with van der Waals surface area (Å²) in [5, 5.41) is 6.12. The third-order valence-corrected chi connectivity index (χ3v) is 5.66. The Bertz CT molecular complexity index is 1250. The molecule has 1 aliphatic rings. The van der Waals surface area contributed by atoms with Crippen LogP contribution in [0.5, 0.6) is 0 Å². The lowest BCUT2D eigenvalue weighted by molar-refractivity contribution is -0.110. The lowest BCUT2D eigenvalue weighted by Gasteiger charge is -2.17. The van der Waals surface area contributed by atoms with Gasteiger partial charge in [0.15, 0.2) is 0 Å². The second-order valence-electron chi connectivity index (χ2n) is 8.33. The maximum absolute atomic E-state index is 13.1. The monoisotopic (exact) mass is 459 g/mol. The largest absolute Gasteiger partial charge is 0.465 e. The molecule has 1 aliphatic heterocycles. The van der Waals surface area contributed by atoms with Gasteiger partial charge in [0.25, 0.3) is 5.91 Å². The molecule has 0 aliphatic carbocycles. The molecule has 174 valence electrons. The molecule has 0 saturated heterocycles. The maximum atomic E-state index is 13.1. The van der Waals surface area contributed by atoms with Crippen LogP contribution in [-0.4, -0.2) is 30.9 Å². The molecule has 2 N–H and O–H groups in total. The van der Waals surface area contributed by atoms with E-state index in [1.807, 2.05) is 38.2 Å². The first-order valence-corrected chi connectivity index (χ1v) is 10.9. The van der Waals surface area contributed by atoms with Gasteiger partial charge in [-0.1, -0.05) is 30.3 Å². The first kappa shape index (κ1) is 23.2. The summed E-state index contributed by atoms with van der Waals surface area (Å²) in [6.07, 6.45) is 0. The van der Waals surface area contributed by atoms with Crippen molar-refractivity contribution in [3.8, 4) is 0 Å². The van der Waals surface area contributed by atoms with Gasteiger partial charge in [-0.05, 0) is 61.5 Å². The number of hydrogen-bond acceptors (Lipinski definition) is 5. The zero-order chi connectivity index (χ0) is 24.2. The van der Waals surface area contributed by atoms with E-state index in [1.54, 1.807) is 30.3 Å². The maximum Gasteiger partial charge on any atom is 0.337 e. The Morgan fingerprint density at radius 1 is 1.00 bits per heavy atom. The summed E-state index contributed by atoms with van der Waals surface area (Å²) in [7, 11) is 3.34. The molecule has 0 radical (unpaired) electrons. The van der Waals surface area contributed by atoms with Gasteiger partial charge in [-0.2, -0.15) is 0 Å². The van der Waals surface area contributed by atoms with E-state index in [1.165, 1.54) is 19.2 Å². The summed E-state index contributed by atoms with van der Waals surface area (Å²) < 4.78 is 17.8. The molecule has 6 nitrogen and oxygen atoms in total. The minimum atomic E-state index is -0.451. The van der Waals surface area contributed by atoms with Crippen LogP contribution in [0.2, 0.25) is 0 Å². The molecule has 34 heavy (non-hydrogen) atoms. The predicted molar refractivity (Wildman–Crippen MR) is 131 cm³/mol.